The molecule has 0 saturated carbocycles. The molecule has 3 N–H and O–H groups in total. The Kier molecular flexibility index (Phi) is 5.84. The third-order valence-corrected chi connectivity index (χ3v) is 2.72. The van der Waals surface area contributed by atoms with Crippen LogP contribution in [-0.2, 0) is 11.2 Å². The maximum Gasteiger partial charge on any atom is 0.258 e. The molecule has 1 rings (SSSR count). The minimum atomic E-state index is -0.272. The highest BCUT2D eigenvalue weighted by Gasteiger charge is 2.14. The maximum atomic E-state index is 11.7. The van der Waals surface area contributed by atoms with E-state index < -0.39 is 0 Å². The van der Waals surface area contributed by atoms with Gasteiger partial charge in [0, 0.05) is 11.6 Å². The zero-order valence-electron chi connectivity index (χ0n) is 12.5. The summed E-state index contributed by atoms with van der Waals surface area (Å²) < 4.78 is 5.43. The zero-order valence-corrected chi connectivity index (χ0v) is 13.3. The van der Waals surface area contributed by atoms with Crippen molar-refractivity contribution >= 4 is 17.5 Å². The molecule has 0 aliphatic rings. The van der Waals surface area contributed by atoms with Crippen molar-refractivity contribution in [3.63, 3.8) is 0 Å². The lowest BCUT2D eigenvalue weighted by Crippen LogP contribution is -2.43. The van der Waals surface area contributed by atoms with Crippen LogP contribution >= 0.6 is 11.6 Å². The van der Waals surface area contributed by atoms with Crippen LogP contribution in [-0.4, -0.2) is 24.1 Å². The Labute approximate surface area is 125 Å². The number of nitrogens with one attached hydrogen (secondary N) is 1. The molecule has 0 radical (unpaired) electrons. The number of benzene rings is 1. The first-order chi connectivity index (χ1) is 9.17. The molecule has 0 bridgehead atoms. The number of hydrogen-bond acceptors (Lipinski definition) is 3. The number of halogens is 1. The van der Waals surface area contributed by atoms with E-state index in [9.17, 15) is 4.79 Å². The number of ether oxygens (including phenoxy) is 1. The summed E-state index contributed by atoms with van der Waals surface area (Å²) in [5.74, 6) is 0.331. The second-order valence-corrected chi connectivity index (χ2v) is 6.44. The van der Waals surface area contributed by atoms with Crippen LogP contribution in [0.15, 0.2) is 18.2 Å². The van der Waals surface area contributed by atoms with E-state index in [2.05, 4.69) is 5.32 Å². The van der Waals surface area contributed by atoms with E-state index in [4.69, 9.17) is 22.1 Å². The van der Waals surface area contributed by atoms with Gasteiger partial charge >= 0.3 is 0 Å². The summed E-state index contributed by atoms with van der Waals surface area (Å²) >= 11 is 6.13. The minimum Gasteiger partial charge on any atom is -0.482 e. The van der Waals surface area contributed by atoms with Gasteiger partial charge in [0.05, 0.1) is 5.02 Å². The normalized spacial score (nSPS) is 12.9. The molecule has 0 fully saturated rings. The largest absolute Gasteiger partial charge is 0.482 e. The Hall–Kier alpha value is -1.26. The first kappa shape index (κ1) is 16.8. The van der Waals surface area contributed by atoms with Gasteiger partial charge in [-0.3, -0.25) is 4.79 Å². The summed E-state index contributed by atoms with van der Waals surface area (Å²) in [5, 5.41) is 3.32. The van der Waals surface area contributed by atoms with E-state index in [0.717, 1.165) is 12.0 Å². The fourth-order valence-corrected chi connectivity index (χ4v) is 2.02. The van der Waals surface area contributed by atoms with Gasteiger partial charge in [-0.05, 0) is 51.8 Å². The Morgan fingerprint density at radius 3 is 2.60 bits per heavy atom. The quantitative estimate of drug-likeness (QED) is 0.878. The van der Waals surface area contributed by atoms with Gasteiger partial charge in [0.2, 0.25) is 0 Å². The Bertz CT molecular complexity index is 467. The van der Waals surface area contributed by atoms with Gasteiger partial charge in [-0.15, -0.1) is 0 Å². The monoisotopic (exact) mass is 298 g/mol. The molecule has 1 unspecified atom stereocenters. The summed E-state index contributed by atoms with van der Waals surface area (Å²) in [7, 11) is 0. The summed E-state index contributed by atoms with van der Waals surface area (Å²) in [4.78, 5) is 11.7. The predicted molar refractivity (Wildman–Crippen MR) is 82.2 cm³/mol. The summed E-state index contributed by atoms with van der Waals surface area (Å²) in [6.07, 6.45) is 0.754. The first-order valence-electron chi connectivity index (χ1n) is 6.65. The van der Waals surface area contributed by atoms with E-state index in [1.54, 1.807) is 6.07 Å². The smallest absolute Gasteiger partial charge is 0.258 e. The van der Waals surface area contributed by atoms with E-state index in [-0.39, 0.29) is 24.1 Å². The molecule has 0 spiro atoms. The van der Waals surface area contributed by atoms with Crippen molar-refractivity contribution in [1.82, 2.24) is 5.32 Å². The topological polar surface area (TPSA) is 64.3 Å². The summed E-state index contributed by atoms with van der Waals surface area (Å²) in [6, 6.07) is 5.58. The van der Waals surface area contributed by atoms with Crippen LogP contribution in [0.1, 0.15) is 33.3 Å². The Morgan fingerprint density at radius 2 is 2.10 bits per heavy atom. The molecule has 0 heterocycles. The van der Waals surface area contributed by atoms with Gasteiger partial charge in [-0.1, -0.05) is 17.7 Å². The van der Waals surface area contributed by atoms with Crippen LogP contribution in [0, 0.1) is 0 Å². The number of nitrogens with two attached hydrogens (primary N) is 1. The molecule has 0 aliphatic heterocycles. The fourth-order valence-electron chi connectivity index (χ4n) is 1.76. The standard InChI is InChI=1S/C15H23ClN2O2/c1-10(17)7-11-5-6-13(12(16)8-11)20-9-14(19)18-15(2,3)4/h5-6,8,10H,7,9,17H2,1-4H3,(H,18,19). The molecule has 0 aliphatic carbocycles. The van der Waals surface area contributed by atoms with Gasteiger partial charge in [0.1, 0.15) is 5.75 Å². The molecule has 0 aromatic heterocycles. The van der Waals surface area contributed by atoms with Crippen molar-refractivity contribution in [1.29, 1.82) is 0 Å². The molecule has 112 valence electrons. The summed E-state index contributed by atoms with van der Waals surface area (Å²) in [6.45, 7) is 7.64. The highest BCUT2D eigenvalue weighted by molar-refractivity contribution is 6.32. The number of hydrogen-bond donors (Lipinski definition) is 2. The number of amides is 1. The van der Waals surface area contributed by atoms with Gasteiger partial charge in [0.15, 0.2) is 6.61 Å². The highest BCUT2D eigenvalue weighted by atomic mass is 35.5. The van der Waals surface area contributed by atoms with Crippen LogP contribution < -0.4 is 15.8 Å². The molecule has 1 amide bonds. The first-order valence-corrected chi connectivity index (χ1v) is 7.03. The molecule has 0 saturated heterocycles. The second-order valence-electron chi connectivity index (χ2n) is 6.03. The SMILES string of the molecule is CC(N)Cc1ccc(OCC(=O)NC(C)(C)C)c(Cl)c1. The third kappa shape index (κ3) is 6.26. The average molecular weight is 299 g/mol. The van der Waals surface area contributed by atoms with Crippen LogP contribution in [0.25, 0.3) is 0 Å². The number of carbonyl (C=O) groups is 1. The summed E-state index contributed by atoms with van der Waals surface area (Å²) in [5.41, 5.74) is 6.52. The molecule has 5 heteroatoms. The minimum absolute atomic E-state index is 0.0520. The maximum absolute atomic E-state index is 11.7. The second kappa shape index (κ2) is 6.95. The van der Waals surface area contributed by atoms with E-state index >= 15 is 0 Å². The van der Waals surface area contributed by atoms with E-state index in [1.807, 2.05) is 39.8 Å². The van der Waals surface area contributed by atoms with Gasteiger partial charge < -0.3 is 15.8 Å². The van der Waals surface area contributed by atoms with Crippen LogP contribution in [0.5, 0.6) is 5.75 Å². The van der Waals surface area contributed by atoms with E-state index in [0.29, 0.717) is 10.8 Å². The lowest BCUT2D eigenvalue weighted by molar-refractivity contribution is -0.124. The predicted octanol–water partition coefficient (Wildman–Crippen LogP) is 2.52. The van der Waals surface area contributed by atoms with Crippen LogP contribution in [0.3, 0.4) is 0 Å². The highest BCUT2D eigenvalue weighted by Crippen LogP contribution is 2.25. The zero-order chi connectivity index (χ0) is 15.3. The van der Waals surface area contributed by atoms with Gasteiger partial charge in [-0.2, -0.15) is 0 Å². The lowest BCUT2D eigenvalue weighted by atomic mass is 10.1. The van der Waals surface area contributed by atoms with Crippen LogP contribution in [0.2, 0.25) is 5.02 Å². The molecule has 4 nitrogen and oxygen atoms in total. The lowest BCUT2D eigenvalue weighted by Gasteiger charge is -2.20. The van der Waals surface area contributed by atoms with Crippen molar-refractivity contribution in [2.24, 2.45) is 5.73 Å². The van der Waals surface area contributed by atoms with Gasteiger partial charge in [-0.25, -0.2) is 0 Å². The van der Waals surface area contributed by atoms with Crippen molar-refractivity contribution in [3.05, 3.63) is 28.8 Å². The molecule has 20 heavy (non-hydrogen) atoms. The van der Waals surface area contributed by atoms with Crippen molar-refractivity contribution in [3.8, 4) is 5.75 Å². The molecule has 1 aromatic carbocycles. The third-order valence-electron chi connectivity index (χ3n) is 2.43. The number of rotatable bonds is 5. The van der Waals surface area contributed by atoms with Crippen molar-refractivity contribution < 1.29 is 9.53 Å². The number of carbonyl (C=O) groups excluding carboxylic acids is 1. The Morgan fingerprint density at radius 1 is 1.45 bits per heavy atom. The molecular formula is C15H23ClN2O2. The fraction of sp³-hybridized carbons (Fsp3) is 0.533. The Balaban J connectivity index is 2.59. The molecular weight excluding hydrogens is 276 g/mol. The van der Waals surface area contributed by atoms with Gasteiger partial charge in [0.25, 0.3) is 5.91 Å². The van der Waals surface area contributed by atoms with Crippen LogP contribution in [0.4, 0.5) is 0 Å². The van der Waals surface area contributed by atoms with E-state index in [1.165, 1.54) is 0 Å². The average Bonchev–Trinajstić information content (AvgIpc) is 2.24. The van der Waals surface area contributed by atoms with Crippen molar-refractivity contribution in [2.75, 3.05) is 6.61 Å². The molecule has 1 atom stereocenters. The molecule has 1 aromatic rings. The van der Waals surface area contributed by atoms with Crippen molar-refractivity contribution in [2.45, 2.75) is 45.7 Å².